The zero-order valence-electron chi connectivity index (χ0n) is 29.5. The first-order valence-corrected chi connectivity index (χ1v) is 17.9. The van der Waals surface area contributed by atoms with Crippen molar-refractivity contribution in [2.45, 2.75) is 116 Å². The summed E-state index contributed by atoms with van der Waals surface area (Å²) in [5, 5.41) is 5.76. The van der Waals surface area contributed by atoms with E-state index < -0.39 is 0 Å². The second-order valence-electron chi connectivity index (χ2n) is 12.7. The summed E-state index contributed by atoms with van der Waals surface area (Å²) in [6.07, 6.45) is 25.4. The molecule has 0 N–H and O–H groups in total. The Morgan fingerprint density at radius 3 is 1.79 bits per heavy atom. The van der Waals surface area contributed by atoms with E-state index in [1.54, 1.807) is 0 Å². The lowest BCUT2D eigenvalue weighted by Crippen LogP contribution is -3.00. The van der Waals surface area contributed by atoms with E-state index in [0.717, 1.165) is 36.3 Å². The van der Waals surface area contributed by atoms with Gasteiger partial charge >= 0.3 is 0 Å². The van der Waals surface area contributed by atoms with Crippen molar-refractivity contribution in [3.05, 3.63) is 90.8 Å². The van der Waals surface area contributed by atoms with Gasteiger partial charge in [0.2, 0.25) is 5.88 Å². The summed E-state index contributed by atoms with van der Waals surface area (Å²) in [6, 6.07) is 24.9. The Labute approximate surface area is 298 Å². The highest BCUT2D eigenvalue weighted by atomic mass is 35.5. The Morgan fingerprint density at radius 2 is 1.19 bits per heavy atom. The Bertz CT molecular complexity index is 1270. The summed E-state index contributed by atoms with van der Waals surface area (Å²) in [4.78, 5) is 2.16. The third-order valence-corrected chi connectivity index (χ3v) is 8.33. The van der Waals surface area contributed by atoms with Crippen molar-refractivity contribution >= 4 is 23.3 Å². The number of halogens is 2. The van der Waals surface area contributed by atoms with Crippen LogP contribution in [0.5, 0.6) is 5.88 Å². The van der Waals surface area contributed by atoms with Crippen molar-refractivity contribution in [3.63, 3.8) is 0 Å². The van der Waals surface area contributed by atoms with Gasteiger partial charge in [-0.25, -0.2) is 4.57 Å². The number of ether oxygens (including phenoxy) is 1. The molecule has 4 rings (SSSR count). The molecule has 0 radical (unpaired) electrons. The van der Waals surface area contributed by atoms with E-state index in [9.17, 15) is 0 Å². The van der Waals surface area contributed by atoms with Crippen molar-refractivity contribution in [1.82, 2.24) is 14.7 Å². The molecule has 0 saturated carbocycles. The van der Waals surface area contributed by atoms with Gasteiger partial charge in [0.25, 0.3) is 0 Å². The van der Waals surface area contributed by atoms with Gasteiger partial charge in [0, 0.05) is 25.1 Å². The van der Waals surface area contributed by atoms with Gasteiger partial charge in [0.15, 0.2) is 12.4 Å². The van der Waals surface area contributed by atoms with Gasteiger partial charge in [-0.3, -0.25) is 4.68 Å². The van der Waals surface area contributed by atoms with E-state index in [2.05, 4.69) is 103 Å². The maximum Gasteiger partial charge on any atom is 0.240 e. The molecule has 7 heteroatoms. The van der Waals surface area contributed by atoms with Gasteiger partial charge in [0.1, 0.15) is 6.54 Å². The molecule has 2 aromatic carbocycles. The predicted molar refractivity (Wildman–Crippen MR) is 198 cm³/mol. The van der Waals surface area contributed by atoms with Gasteiger partial charge in [0.05, 0.1) is 24.1 Å². The summed E-state index contributed by atoms with van der Waals surface area (Å²) in [5.41, 5.74) is 2.35. The topological polar surface area (TPSA) is 34.2 Å². The van der Waals surface area contributed by atoms with Crippen LogP contribution in [0.15, 0.2) is 85.2 Å². The molecule has 2 heterocycles. The maximum absolute atomic E-state index is 5.93. The molecule has 0 aliphatic heterocycles. The molecular formula is C40H62Cl2N4O. The fraction of sp³-hybridized carbons (Fsp3) is 0.550. The first-order chi connectivity index (χ1) is 22.2. The summed E-state index contributed by atoms with van der Waals surface area (Å²) in [5.74, 6) is 0.732. The van der Waals surface area contributed by atoms with Crippen molar-refractivity contribution in [3.8, 4) is 5.88 Å². The van der Waals surface area contributed by atoms with Gasteiger partial charge in [-0.2, -0.15) is 0 Å². The number of benzene rings is 2. The first-order valence-electron chi connectivity index (χ1n) is 17.9. The molecule has 5 nitrogen and oxygen atoms in total. The number of aromatic nitrogens is 3. The van der Waals surface area contributed by atoms with E-state index in [0.29, 0.717) is 6.61 Å². The van der Waals surface area contributed by atoms with Crippen LogP contribution in [0.4, 0.5) is 0 Å². The molecule has 0 bridgehead atoms. The number of hydrogen-bond donors (Lipinski definition) is 0. The molecule has 2 aromatic heterocycles. The van der Waals surface area contributed by atoms with Crippen LogP contribution in [-0.4, -0.2) is 41.9 Å². The molecule has 0 saturated heterocycles. The van der Waals surface area contributed by atoms with Crippen molar-refractivity contribution < 1.29 is 21.7 Å². The molecule has 0 fully saturated rings. The Kier molecular flexibility index (Phi) is 24.7. The molecule has 0 spiro atoms. The number of nitrogens with zero attached hydrogens (tertiary/aromatic N) is 4. The Hall–Kier alpha value is -2.60. The number of pyridine rings is 1. The van der Waals surface area contributed by atoms with Gasteiger partial charge < -0.3 is 22.0 Å². The smallest absolute Gasteiger partial charge is 0.240 e. The number of hydrogen-bond acceptors (Lipinski definition) is 3. The molecule has 0 unspecified atom stereocenters. The van der Waals surface area contributed by atoms with Crippen molar-refractivity contribution in [2.24, 2.45) is 0 Å². The minimum Gasteiger partial charge on any atom is -1.00 e. The Balaban J connectivity index is 0.000000452. The summed E-state index contributed by atoms with van der Waals surface area (Å²) < 4.78 is 10.2. The van der Waals surface area contributed by atoms with Crippen LogP contribution in [0, 0.1) is 0 Å². The van der Waals surface area contributed by atoms with Crippen molar-refractivity contribution in [1.29, 1.82) is 0 Å². The van der Waals surface area contributed by atoms with Gasteiger partial charge in [-0.05, 0) is 44.6 Å². The van der Waals surface area contributed by atoms with Crippen LogP contribution in [0.1, 0.15) is 109 Å². The lowest BCUT2D eigenvalue weighted by molar-refractivity contribution is -0.697. The predicted octanol–water partition coefficient (Wildman–Crippen LogP) is 7.30. The third-order valence-electron chi connectivity index (χ3n) is 8.33. The lowest BCUT2D eigenvalue weighted by Gasteiger charge is -2.09. The zero-order valence-corrected chi connectivity index (χ0v) is 31.1. The minimum absolute atomic E-state index is 0. The first kappa shape index (κ1) is 42.4. The highest BCUT2D eigenvalue weighted by Gasteiger charge is 2.11. The molecule has 0 aliphatic rings. The van der Waals surface area contributed by atoms with Crippen LogP contribution >= 0.6 is 12.4 Å². The molecular weight excluding hydrogens is 623 g/mol. The highest BCUT2D eigenvalue weighted by molar-refractivity contribution is 5.85. The fourth-order valence-corrected chi connectivity index (χ4v) is 5.70. The second-order valence-corrected chi connectivity index (χ2v) is 12.7. The summed E-state index contributed by atoms with van der Waals surface area (Å²) in [6.45, 7) is 5.93. The summed E-state index contributed by atoms with van der Waals surface area (Å²) in [7, 11) is 4.15. The Morgan fingerprint density at radius 1 is 0.660 bits per heavy atom. The normalized spacial score (nSPS) is 10.6. The number of rotatable bonds is 22. The molecule has 0 amide bonds. The average Bonchev–Trinajstić information content (AvgIpc) is 3.41. The van der Waals surface area contributed by atoms with E-state index in [4.69, 9.17) is 4.74 Å². The van der Waals surface area contributed by atoms with Crippen molar-refractivity contribution in [2.75, 3.05) is 27.2 Å². The van der Waals surface area contributed by atoms with E-state index in [1.165, 1.54) is 102 Å². The lowest BCUT2D eigenvalue weighted by atomic mass is 10.0. The van der Waals surface area contributed by atoms with E-state index in [1.807, 2.05) is 22.9 Å². The van der Waals surface area contributed by atoms with Gasteiger partial charge in [-0.15, -0.1) is 17.5 Å². The van der Waals surface area contributed by atoms with Gasteiger partial charge in [-0.1, -0.05) is 133 Å². The van der Waals surface area contributed by atoms with Crippen LogP contribution in [0.3, 0.4) is 0 Å². The zero-order chi connectivity index (χ0) is 31.8. The standard InChI is InChI=1S/C21H38N.C19H23N3O.2ClH/c1-2-3-4-5-6-7-8-9-10-11-12-13-14-16-19-22-20-17-15-18-21-22;1-21(2)13-8-14-23-19-17-11-6-7-12-18(17)22(20-19)15-16-9-4-3-5-10-16;;/h15,17-18,20-21H,2-14,16,19H2,1H3;3-7,9-12H,8,13-15H2,1-2H3;2*1H/q+1;;;/p-1. The third kappa shape index (κ3) is 18.5. The number of fused-ring (bicyclic) bond motifs is 1. The SMILES string of the molecule is CCCCCCCCCCCCCCCC[n+]1ccccc1.CN(C)CCCOc1nn(Cc2ccccc2)c2ccccc12.Cl.[Cl-]. The highest BCUT2D eigenvalue weighted by Crippen LogP contribution is 2.25. The van der Waals surface area contributed by atoms with E-state index >= 15 is 0 Å². The fourth-order valence-electron chi connectivity index (χ4n) is 5.70. The largest absolute Gasteiger partial charge is 1.00 e. The monoisotopic (exact) mass is 684 g/mol. The maximum atomic E-state index is 5.93. The van der Waals surface area contributed by atoms with Crippen LogP contribution in [-0.2, 0) is 13.1 Å². The van der Waals surface area contributed by atoms with Crippen LogP contribution in [0.2, 0.25) is 0 Å². The molecule has 0 aliphatic carbocycles. The molecule has 47 heavy (non-hydrogen) atoms. The molecule has 4 aromatic rings. The number of aryl methyl sites for hydroxylation is 1. The minimum atomic E-state index is 0. The average molecular weight is 686 g/mol. The number of para-hydroxylation sites is 1. The van der Waals surface area contributed by atoms with E-state index in [-0.39, 0.29) is 24.8 Å². The van der Waals surface area contributed by atoms with Crippen LogP contribution < -0.4 is 21.7 Å². The summed E-state index contributed by atoms with van der Waals surface area (Å²) >= 11 is 0. The quantitative estimate of drug-likeness (QED) is 0.0644. The second kappa shape index (κ2) is 27.4. The number of unbranched alkanes of at least 4 members (excludes halogenated alkanes) is 13. The van der Waals surface area contributed by atoms with Crippen LogP contribution in [0.25, 0.3) is 10.9 Å². The molecule has 0 atom stereocenters. The molecule has 262 valence electrons.